The van der Waals surface area contributed by atoms with Crippen molar-refractivity contribution in [3.05, 3.63) is 60.2 Å². The van der Waals surface area contributed by atoms with Gasteiger partial charge in [0.1, 0.15) is 6.54 Å². The molecule has 0 unspecified atom stereocenters. The van der Waals surface area contributed by atoms with Crippen LogP contribution >= 0.6 is 0 Å². The molecule has 0 aliphatic rings. The summed E-state index contributed by atoms with van der Waals surface area (Å²) < 4.78 is 27.2. The average molecular weight is 346 g/mol. The minimum atomic E-state index is -3.82. The van der Waals surface area contributed by atoms with Crippen LogP contribution in [0.25, 0.3) is 0 Å². The van der Waals surface area contributed by atoms with Gasteiger partial charge < -0.3 is 5.32 Å². The van der Waals surface area contributed by atoms with Gasteiger partial charge in [0.05, 0.1) is 10.6 Å². The molecule has 2 aromatic carbocycles. The first-order valence-electron chi connectivity index (χ1n) is 7.87. The van der Waals surface area contributed by atoms with Crippen molar-refractivity contribution in [2.45, 2.75) is 25.2 Å². The van der Waals surface area contributed by atoms with E-state index in [1.807, 2.05) is 26.0 Å². The minimum absolute atomic E-state index is 0.163. The fourth-order valence-electron chi connectivity index (χ4n) is 2.31. The first-order chi connectivity index (χ1) is 11.5. The van der Waals surface area contributed by atoms with Crippen molar-refractivity contribution in [3.63, 3.8) is 0 Å². The Bertz CT molecular complexity index is 789. The summed E-state index contributed by atoms with van der Waals surface area (Å²) >= 11 is 0. The SMILES string of the molecule is CCCNC(=O)CN(c1ccccc1C)S(=O)(=O)c1ccccc1. The molecule has 0 spiro atoms. The van der Waals surface area contributed by atoms with Crippen molar-refractivity contribution in [3.8, 4) is 0 Å². The molecular weight excluding hydrogens is 324 g/mol. The maximum Gasteiger partial charge on any atom is 0.264 e. The quantitative estimate of drug-likeness (QED) is 0.838. The van der Waals surface area contributed by atoms with Gasteiger partial charge in [-0.2, -0.15) is 0 Å². The molecule has 24 heavy (non-hydrogen) atoms. The summed E-state index contributed by atoms with van der Waals surface area (Å²) in [5.41, 5.74) is 1.30. The molecule has 2 rings (SSSR count). The lowest BCUT2D eigenvalue weighted by molar-refractivity contribution is -0.119. The number of nitrogens with zero attached hydrogens (tertiary/aromatic N) is 1. The number of anilines is 1. The predicted molar refractivity (Wildman–Crippen MR) is 95.5 cm³/mol. The number of hydrogen-bond donors (Lipinski definition) is 1. The summed E-state index contributed by atoms with van der Waals surface area (Å²) in [6, 6.07) is 15.3. The molecule has 2 aromatic rings. The van der Waals surface area contributed by atoms with Gasteiger partial charge in [0.15, 0.2) is 0 Å². The van der Waals surface area contributed by atoms with Crippen LogP contribution in [0.5, 0.6) is 0 Å². The molecule has 0 fully saturated rings. The van der Waals surface area contributed by atoms with Crippen LogP contribution in [0.15, 0.2) is 59.5 Å². The van der Waals surface area contributed by atoms with E-state index in [2.05, 4.69) is 5.32 Å². The molecule has 6 heteroatoms. The number of benzene rings is 2. The van der Waals surface area contributed by atoms with Crippen LogP contribution in [0.3, 0.4) is 0 Å². The summed E-state index contributed by atoms with van der Waals surface area (Å²) in [6.07, 6.45) is 0.793. The topological polar surface area (TPSA) is 66.5 Å². The molecule has 1 N–H and O–H groups in total. The Hall–Kier alpha value is -2.34. The Morgan fingerprint density at radius 1 is 1.04 bits per heavy atom. The van der Waals surface area contributed by atoms with E-state index < -0.39 is 10.0 Å². The molecule has 5 nitrogen and oxygen atoms in total. The highest BCUT2D eigenvalue weighted by Gasteiger charge is 2.27. The van der Waals surface area contributed by atoms with Gasteiger partial charge in [0, 0.05) is 6.54 Å². The second kappa shape index (κ2) is 7.97. The second-order valence-electron chi connectivity index (χ2n) is 5.46. The van der Waals surface area contributed by atoms with E-state index in [1.54, 1.807) is 30.3 Å². The predicted octanol–water partition coefficient (Wildman–Crippen LogP) is 2.72. The maximum atomic E-state index is 13.0. The Balaban J connectivity index is 2.43. The maximum absolute atomic E-state index is 13.0. The molecular formula is C18H22N2O3S. The highest BCUT2D eigenvalue weighted by molar-refractivity contribution is 7.92. The van der Waals surface area contributed by atoms with E-state index in [9.17, 15) is 13.2 Å². The van der Waals surface area contributed by atoms with Gasteiger partial charge >= 0.3 is 0 Å². The van der Waals surface area contributed by atoms with Crippen LogP contribution in [0, 0.1) is 6.92 Å². The Morgan fingerprint density at radius 2 is 1.67 bits per heavy atom. The second-order valence-corrected chi connectivity index (χ2v) is 7.32. The molecule has 0 aliphatic heterocycles. The van der Waals surface area contributed by atoms with Crippen molar-refractivity contribution in [2.75, 3.05) is 17.4 Å². The number of carbonyl (C=O) groups is 1. The lowest BCUT2D eigenvalue weighted by atomic mass is 10.2. The van der Waals surface area contributed by atoms with Crippen LogP contribution in [-0.4, -0.2) is 27.4 Å². The van der Waals surface area contributed by atoms with E-state index in [0.717, 1.165) is 12.0 Å². The van der Waals surface area contributed by atoms with Gasteiger partial charge in [-0.15, -0.1) is 0 Å². The number of aryl methyl sites for hydroxylation is 1. The molecule has 0 saturated carbocycles. The van der Waals surface area contributed by atoms with Crippen LogP contribution < -0.4 is 9.62 Å². The lowest BCUT2D eigenvalue weighted by Gasteiger charge is -2.25. The molecule has 0 heterocycles. The van der Waals surface area contributed by atoms with E-state index in [0.29, 0.717) is 12.2 Å². The zero-order valence-corrected chi connectivity index (χ0v) is 14.7. The highest BCUT2D eigenvalue weighted by atomic mass is 32.2. The van der Waals surface area contributed by atoms with Gasteiger partial charge in [-0.1, -0.05) is 43.3 Å². The zero-order valence-electron chi connectivity index (χ0n) is 13.9. The summed E-state index contributed by atoms with van der Waals surface area (Å²) in [4.78, 5) is 12.3. The van der Waals surface area contributed by atoms with Crippen molar-refractivity contribution in [2.24, 2.45) is 0 Å². The Kier molecular flexibility index (Phi) is 5.98. The standard InChI is InChI=1S/C18H22N2O3S/c1-3-13-19-18(21)14-20(17-12-8-7-9-15(17)2)24(22,23)16-10-5-4-6-11-16/h4-12H,3,13-14H2,1-2H3,(H,19,21). The molecule has 0 bridgehead atoms. The third-order valence-electron chi connectivity index (χ3n) is 3.57. The van der Waals surface area contributed by atoms with Crippen molar-refractivity contribution >= 4 is 21.6 Å². The number of carbonyl (C=O) groups excluding carboxylic acids is 1. The van der Waals surface area contributed by atoms with E-state index in [1.165, 1.54) is 16.4 Å². The number of nitrogens with one attached hydrogen (secondary N) is 1. The van der Waals surface area contributed by atoms with Crippen molar-refractivity contribution in [1.29, 1.82) is 0 Å². The number of sulfonamides is 1. The molecule has 128 valence electrons. The van der Waals surface area contributed by atoms with Gasteiger partial charge in [-0.05, 0) is 37.1 Å². The third kappa shape index (κ3) is 4.14. The van der Waals surface area contributed by atoms with Crippen LogP contribution in [-0.2, 0) is 14.8 Å². The largest absolute Gasteiger partial charge is 0.355 e. The molecule has 0 aliphatic carbocycles. The van der Waals surface area contributed by atoms with Gasteiger partial charge in [0.2, 0.25) is 5.91 Å². The Morgan fingerprint density at radius 3 is 2.29 bits per heavy atom. The lowest BCUT2D eigenvalue weighted by Crippen LogP contribution is -2.41. The number of hydrogen-bond acceptors (Lipinski definition) is 3. The van der Waals surface area contributed by atoms with Gasteiger partial charge in [-0.3, -0.25) is 9.10 Å². The van der Waals surface area contributed by atoms with E-state index in [4.69, 9.17) is 0 Å². The summed E-state index contributed by atoms with van der Waals surface area (Å²) in [6.45, 7) is 4.04. The fourth-order valence-corrected chi connectivity index (χ4v) is 3.82. The van der Waals surface area contributed by atoms with Crippen molar-refractivity contribution < 1.29 is 13.2 Å². The van der Waals surface area contributed by atoms with Crippen LogP contribution in [0.2, 0.25) is 0 Å². The minimum Gasteiger partial charge on any atom is -0.355 e. The normalized spacial score (nSPS) is 11.1. The third-order valence-corrected chi connectivity index (χ3v) is 5.35. The van der Waals surface area contributed by atoms with E-state index in [-0.39, 0.29) is 17.3 Å². The molecule has 1 amide bonds. The number of rotatable bonds is 7. The molecule has 0 aromatic heterocycles. The summed E-state index contributed by atoms with van der Waals surface area (Å²) in [5, 5.41) is 2.73. The van der Waals surface area contributed by atoms with Gasteiger partial charge in [-0.25, -0.2) is 8.42 Å². The van der Waals surface area contributed by atoms with Crippen LogP contribution in [0.4, 0.5) is 5.69 Å². The van der Waals surface area contributed by atoms with Gasteiger partial charge in [0.25, 0.3) is 10.0 Å². The average Bonchev–Trinajstić information content (AvgIpc) is 2.59. The number of para-hydroxylation sites is 1. The molecule has 0 saturated heterocycles. The first-order valence-corrected chi connectivity index (χ1v) is 9.31. The smallest absolute Gasteiger partial charge is 0.264 e. The Labute approximate surface area is 143 Å². The number of amides is 1. The van der Waals surface area contributed by atoms with Crippen LogP contribution in [0.1, 0.15) is 18.9 Å². The zero-order chi connectivity index (χ0) is 17.6. The highest BCUT2D eigenvalue weighted by Crippen LogP contribution is 2.26. The molecule has 0 radical (unpaired) electrons. The first kappa shape index (κ1) is 18.0. The summed E-state index contributed by atoms with van der Waals surface area (Å²) in [5.74, 6) is -0.320. The van der Waals surface area contributed by atoms with Crippen molar-refractivity contribution in [1.82, 2.24) is 5.32 Å². The fraction of sp³-hybridized carbons (Fsp3) is 0.278. The molecule has 0 atom stereocenters. The summed E-state index contributed by atoms with van der Waals surface area (Å²) in [7, 11) is -3.82. The van der Waals surface area contributed by atoms with E-state index >= 15 is 0 Å². The monoisotopic (exact) mass is 346 g/mol.